The van der Waals surface area contributed by atoms with Gasteiger partial charge in [0.2, 0.25) is 5.91 Å². The van der Waals surface area contributed by atoms with Gasteiger partial charge < -0.3 is 9.80 Å². The summed E-state index contributed by atoms with van der Waals surface area (Å²) in [5, 5.41) is 0. The van der Waals surface area contributed by atoms with E-state index < -0.39 is 0 Å². The summed E-state index contributed by atoms with van der Waals surface area (Å²) in [6, 6.07) is 0.390. The SMILES string of the molecule is CN(C)C[C@H]1CSCCCN1C(=O)[C@H]1CC=CCC1. The summed E-state index contributed by atoms with van der Waals surface area (Å²) in [7, 11) is 4.20. The fourth-order valence-corrected chi connectivity index (χ4v) is 4.00. The van der Waals surface area contributed by atoms with Gasteiger partial charge in [-0.2, -0.15) is 11.8 Å². The topological polar surface area (TPSA) is 23.6 Å². The van der Waals surface area contributed by atoms with Crippen molar-refractivity contribution in [3.05, 3.63) is 12.2 Å². The first-order valence-corrected chi connectivity index (χ1v) is 8.52. The minimum absolute atomic E-state index is 0.234. The standard InChI is InChI=1S/C15H26N2OS/c1-16(2)11-14-12-19-10-6-9-17(14)15(18)13-7-4-3-5-8-13/h3-4,13-14H,5-12H2,1-2H3/t13-,14-/m0/s1. The molecule has 19 heavy (non-hydrogen) atoms. The molecule has 1 amide bonds. The molecule has 0 bridgehead atoms. The maximum absolute atomic E-state index is 12.8. The zero-order valence-electron chi connectivity index (χ0n) is 12.2. The lowest BCUT2D eigenvalue weighted by Crippen LogP contribution is -2.49. The highest BCUT2D eigenvalue weighted by atomic mass is 32.2. The molecule has 0 unspecified atom stereocenters. The first kappa shape index (κ1) is 14.9. The molecule has 1 aliphatic carbocycles. The predicted octanol–water partition coefficient (Wildman–Crippen LogP) is 2.24. The summed E-state index contributed by atoms with van der Waals surface area (Å²) < 4.78 is 0. The lowest BCUT2D eigenvalue weighted by molar-refractivity contribution is -0.138. The molecule has 1 heterocycles. The smallest absolute Gasteiger partial charge is 0.226 e. The Morgan fingerprint density at radius 3 is 2.95 bits per heavy atom. The molecule has 1 fully saturated rings. The number of carbonyl (C=O) groups excluding carboxylic acids is 1. The summed E-state index contributed by atoms with van der Waals surface area (Å²) >= 11 is 2.00. The van der Waals surface area contributed by atoms with Crippen molar-refractivity contribution in [2.45, 2.75) is 31.7 Å². The molecule has 1 aliphatic heterocycles. The molecule has 3 nitrogen and oxygen atoms in total. The molecule has 0 N–H and O–H groups in total. The fraction of sp³-hybridized carbons (Fsp3) is 0.800. The largest absolute Gasteiger partial charge is 0.337 e. The summed E-state index contributed by atoms with van der Waals surface area (Å²) in [5.41, 5.74) is 0. The van der Waals surface area contributed by atoms with E-state index in [1.807, 2.05) is 11.8 Å². The molecule has 0 aromatic carbocycles. The quantitative estimate of drug-likeness (QED) is 0.742. The number of nitrogens with zero attached hydrogens (tertiary/aromatic N) is 2. The van der Waals surface area contributed by atoms with Gasteiger partial charge in [-0.05, 0) is 45.5 Å². The average Bonchev–Trinajstić information content (AvgIpc) is 2.64. The van der Waals surface area contributed by atoms with Crippen LogP contribution in [0.4, 0.5) is 0 Å². The zero-order valence-corrected chi connectivity index (χ0v) is 13.0. The van der Waals surface area contributed by atoms with Crippen LogP contribution in [0, 0.1) is 5.92 Å². The summed E-state index contributed by atoms with van der Waals surface area (Å²) in [4.78, 5) is 17.2. The van der Waals surface area contributed by atoms with Crippen molar-refractivity contribution in [1.29, 1.82) is 0 Å². The number of thioether (sulfide) groups is 1. The van der Waals surface area contributed by atoms with E-state index in [4.69, 9.17) is 0 Å². The Bertz CT molecular complexity index is 330. The molecule has 0 aromatic rings. The highest BCUT2D eigenvalue weighted by molar-refractivity contribution is 7.99. The van der Waals surface area contributed by atoms with Gasteiger partial charge in [-0.25, -0.2) is 0 Å². The second-order valence-corrected chi connectivity index (χ2v) is 7.01. The first-order chi connectivity index (χ1) is 9.18. The lowest BCUT2D eigenvalue weighted by atomic mass is 9.92. The molecule has 2 aliphatic rings. The van der Waals surface area contributed by atoms with E-state index >= 15 is 0 Å². The molecule has 2 rings (SSSR count). The number of hydrogen-bond acceptors (Lipinski definition) is 3. The molecular weight excluding hydrogens is 256 g/mol. The van der Waals surface area contributed by atoms with Gasteiger partial charge >= 0.3 is 0 Å². The van der Waals surface area contributed by atoms with E-state index in [0.29, 0.717) is 11.9 Å². The van der Waals surface area contributed by atoms with Gasteiger partial charge in [-0.15, -0.1) is 0 Å². The molecule has 0 radical (unpaired) electrons. The molecule has 2 atom stereocenters. The van der Waals surface area contributed by atoms with Crippen molar-refractivity contribution in [3.63, 3.8) is 0 Å². The van der Waals surface area contributed by atoms with Gasteiger partial charge in [-0.1, -0.05) is 12.2 Å². The number of likely N-dealkylation sites (N-methyl/N-ethyl adjacent to an activating group) is 1. The van der Waals surface area contributed by atoms with E-state index in [2.05, 4.69) is 36.0 Å². The minimum atomic E-state index is 0.234. The van der Waals surface area contributed by atoms with Crippen LogP contribution in [0.3, 0.4) is 0 Å². The van der Waals surface area contributed by atoms with Crippen molar-refractivity contribution in [1.82, 2.24) is 9.80 Å². The van der Waals surface area contributed by atoms with E-state index in [0.717, 1.165) is 44.5 Å². The molecule has 1 saturated heterocycles. The predicted molar refractivity (Wildman–Crippen MR) is 82.5 cm³/mol. The van der Waals surface area contributed by atoms with Crippen molar-refractivity contribution in [3.8, 4) is 0 Å². The molecule has 0 aromatic heterocycles. The summed E-state index contributed by atoms with van der Waals surface area (Å²) in [6.45, 7) is 1.94. The summed E-state index contributed by atoms with van der Waals surface area (Å²) in [5.74, 6) is 2.92. The number of carbonyl (C=O) groups is 1. The monoisotopic (exact) mass is 282 g/mol. The van der Waals surface area contributed by atoms with Gasteiger partial charge in [0.25, 0.3) is 0 Å². The van der Waals surface area contributed by atoms with Crippen LogP contribution >= 0.6 is 11.8 Å². The van der Waals surface area contributed by atoms with Crippen LogP contribution in [0.1, 0.15) is 25.7 Å². The van der Waals surface area contributed by atoms with Crippen LogP contribution in [0.5, 0.6) is 0 Å². The Balaban J connectivity index is 2.03. The second kappa shape index (κ2) is 7.34. The highest BCUT2D eigenvalue weighted by Crippen LogP contribution is 2.24. The van der Waals surface area contributed by atoms with Gasteiger partial charge in [-0.3, -0.25) is 4.79 Å². The molecule has 0 spiro atoms. The van der Waals surface area contributed by atoms with Gasteiger partial charge in [0.05, 0.1) is 6.04 Å². The number of amides is 1. The Hall–Kier alpha value is -0.480. The normalized spacial score (nSPS) is 28.5. The maximum atomic E-state index is 12.8. The van der Waals surface area contributed by atoms with Gasteiger partial charge in [0, 0.05) is 24.8 Å². The second-order valence-electron chi connectivity index (χ2n) is 5.86. The Morgan fingerprint density at radius 2 is 2.26 bits per heavy atom. The van der Waals surface area contributed by atoms with E-state index in [1.54, 1.807) is 0 Å². The maximum Gasteiger partial charge on any atom is 0.226 e. The van der Waals surface area contributed by atoms with E-state index in [1.165, 1.54) is 5.75 Å². The van der Waals surface area contributed by atoms with Crippen LogP contribution in [0.25, 0.3) is 0 Å². The van der Waals surface area contributed by atoms with Crippen LogP contribution in [0.15, 0.2) is 12.2 Å². The van der Waals surface area contributed by atoms with Crippen molar-refractivity contribution >= 4 is 17.7 Å². The lowest BCUT2D eigenvalue weighted by Gasteiger charge is -2.34. The minimum Gasteiger partial charge on any atom is -0.337 e. The zero-order chi connectivity index (χ0) is 13.7. The van der Waals surface area contributed by atoms with Crippen molar-refractivity contribution in [2.75, 3.05) is 38.7 Å². The van der Waals surface area contributed by atoms with Gasteiger partial charge in [0.1, 0.15) is 0 Å². The Morgan fingerprint density at radius 1 is 1.42 bits per heavy atom. The molecular formula is C15H26N2OS. The molecule has 4 heteroatoms. The third-order valence-corrected chi connectivity index (χ3v) is 5.11. The summed E-state index contributed by atoms with van der Waals surface area (Å²) in [6.07, 6.45) is 8.57. The van der Waals surface area contributed by atoms with Crippen LogP contribution in [-0.2, 0) is 4.79 Å². The molecule has 108 valence electrons. The third kappa shape index (κ3) is 4.25. The van der Waals surface area contributed by atoms with Gasteiger partial charge in [0.15, 0.2) is 0 Å². The number of allylic oxidation sites excluding steroid dienone is 2. The van der Waals surface area contributed by atoms with Crippen molar-refractivity contribution < 1.29 is 4.79 Å². The number of rotatable bonds is 3. The number of hydrogen-bond donors (Lipinski definition) is 0. The van der Waals surface area contributed by atoms with E-state index in [-0.39, 0.29) is 5.92 Å². The average molecular weight is 282 g/mol. The van der Waals surface area contributed by atoms with Crippen LogP contribution in [-0.4, -0.2) is 60.4 Å². The Kier molecular flexibility index (Phi) is 5.76. The third-order valence-electron chi connectivity index (χ3n) is 3.92. The van der Waals surface area contributed by atoms with Crippen LogP contribution < -0.4 is 0 Å². The molecule has 0 saturated carbocycles. The first-order valence-electron chi connectivity index (χ1n) is 7.36. The van der Waals surface area contributed by atoms with E-state index in [9.17, 15) is 4.79 Å². The van der Waals surface area contributed by atoms with Crippen molar-refractivity contribution in [2.24, 2.45) is 5.92 Å². The Labute approximate surface area is 121 Å². The van der Waals surface area contributed by atoms with Crippen LogP contribution in [0.2, 0.25) is 0 Å². The highest BCUT2D eigenvalue weighted by Gasteiger charge is 2.30. The fourth-order valence-electron chi connectivity index (χ4n) is 2.94.